The maximum Gasteiger partial charge on any atom is 0.342 e. The van der Waals surface area contributed by atoms with Gasteiger partial charge in [-0.25, -0.2) is 4.79 Å². The van der Waals surface area contributed by atoms with Crippen LogP contribution in [-0.4, -0.2) is 33.0 Å². The molecular weight excluding hydrogens is 288 g/mol. The molecule has 4 atom stereocenters. The minimum atomic E-state index is -1.08. The topological polar surface area (TPSA) is 99.5 Å². The van der Waals surface area contributed by atoms with Gasteiger partial charge in [0.05, 0.1) is 0 Å². The van der Waals surface area contributed by atoms with E-state index in [1.807, 2.05) is 6.08 Å². The molecule has 0 amide bonds. The highest BCUT2D eigenvalue weighted by Crippen LogP contribution is 2.58. The number of ether oxygens (including phenoxy) is 2. The minimum absolute atomic E-state index is 0.135. The fraction of sp³-hybridized carbons (Fsp3) is 0.438. The van der Waals surface area contributed by atoms with Gasteiger partial charge in [0, 0.05) is 11.1 Å². The average molecular weight is 304 g/mol. The van der Waals surface area contributed by atoms with Crippen LogP contribution in [0.25, 0.3) is 0 Å². The Morgan fingerprint density at radius 1 is 1.23 bits per heavy atom. The van der Waals surface area contributed by atoms with Gasteiger partial charge in [-0.3, -0.25) is 0 Å². The van der Waals surface area contributed by atoms with Crippen molar-refractivity contribution in [2.24, 2.45) is 0 Å². The van der Waals surface area contributed by atoms with Crippen LogP contribution in [0, 0.1) is 0 Å². The zero-order chi connectivity index (χ0) is 15.6. The number of phenols is 2. The van der Waals surface area contributed by atoms with E-state index in [9.17, 15) is 20.1 Å². The first-order chi connectivity index (χ1) is 10.5. The third kappa shape index (κ3) is 1.59. The zero-order valence-electron chi connectivity index (χ0n) is 11.9. The van der Waals surface area contributed by atoms with Crippen molar-refractivity contribution in [3.8, 4) is 11.5 Å². The number of aromatic hydroxyl groups is 2. The molecule has 22 heavy (non-hydrogen) atoms. The summed E-state index contributed by atoms with van der Waals surface area (Å²) in [5.41, 5.74) is 0.0861. The second-order valence-electron chi connectivity index (χ2n) is 6.07. The Kier molecular flexibility index (Phi) is 2.62. The van der Waals surface area contributed by atoms with Gasteiger partial charge in [0.15, 0.2) is 11.7 Å². The molecule has 116 valence electrons. The van der Waals surface area contributed by atoms with Crippen molar-refractivity contribution in [3.05, 3.63) is 34.9 Å². The molecule has 3 aliphatic rings. The van der Waals surface area contributed by atoms with Gasteiger partial charge in [-0.05, 0) is 37.5 Å². The third-order valence-corrected chi connectivity index (χ3v) is 4.81. The Bertz CT molecular complexity index is 709. The third-order valence-electron chi connectivity index (χ3n) is 4.81. The van der Waals surface area contributed by atoms with Gasteiger partial charge in [0.1, 0.15) is 23.7 Å². The Morgan fingerprint density at radius 2 is 1.91 bits per heavy atom. The van der Waals surface area contributed by atoms with Gasteiger partial charge in [-0.2, -0.15) is 0 Å². The van der Waals surface area contributed by atoms with Crippen LogP contribution >= 0.6 is 0 Å². The van der Waals surface area contributed by atoms with Crippen molar-refractivity contribution < 1.29 is 29.6 Å². The summed E-state index contributed by atoms with van der Waals surface area (Å²) in [6, 6.07) is 2.64. The molecule has 4 rings (SSSR count). The number of phenolic OH excluding ortho intramolecular Hbond substituents is 2. The Labute approximate surface area is 126 Å². The van der Waals surface area contributed by atoms with E-state index in [2.05, 4.69) is 0 Å². The summed E-state index contributed by atoms with van der Waals surface area (Å²) in [5, 5.41) is 30.9. The van der Waals surface area contributed by atoms with Crippen LogP contribution in [0.1, 0.15) is 43.1 Å². The SMILES string of the molecule is C/C1=C/CC[C@]23O[C@H]2[C@@H](OC3=O)c2c(O)ccc(O)c2[C@@H]1O. The molecule has 0 radical (unpaired) electrons. The predicted octanol–water partition coefficient (Wildman–Crippen LogP) is 1.61. The van der Waals surface area contributed by atoms with E-state index in [1.54, 1.807) is 6.92 Å². The number of epoxide rings is 1. The molecule has 2 bridgehead atoms. The van der Waals surface area contributed by atoms with Crippen LogP contribution in [0.4, 0.5) is 0 Å². The molecule has 2 heterocycles. The Balaban J connectivity index is 1.95. The normalized spacial score (nSPS) is 38.4. The molecule has 0 aromatic heterocycles. The molecule has 2 saturated heterocycles. The number of aliphatic hydroxyl groups is 1. The van der Waals surface area contributed by atoms with E-state index in [-0.39, 0.29) is 22.6 Å². The second kappa shape index (κ2) is 4.24. The highest BCUT2D eigenvalue weighted by molar-refractivity contribution is 5.87. The molecule has 1 aliphatic carbocycles. The first-order valence-electron chi connectivity index (χ1n) is 7.24. The number of carbonyl (C=O) groups excluding carboxylic acids is 1. The monoisotopic (exact) mass is 304 g/mol. The van der Waals surface area contributed by atoms with E-state index < -0.39 is 29.9 Å². The van der Waals surface area contributed by atoms with Gasteiger partial charge in [-0.1, -0.05) is 6.08 Å². The lowest BCUT2D eigenvalue weighted by Crippen LogP contribution is -2.22. The second-order valence-corrected chi connectivity index (χ2v) is 6.07. The van der Waals surface area contributed by atoms with Crippen LogP contribution in [0.3, 0.4) is 0 Å². The Morgan fingerprint density at radius 3 is 2.59 bits per heavy atom. The highest BCUT2D eigenvalue weighted by atomic mass is 16.7. The van der Waals surface area contributed by atoms with Crippen molar-refractivity contribution in [2.45, 2.75) is 43.7 Å². The number of rotatable bonds is 0. The van der Waals surface area contributed by atoms with Gasteiger partial charge < -0.3 is 24.8 Å². The molecular formula is C16H16O6. The fourth-order valence-electron chi connectivity index (χ4n) is 3.51. The molecule has 0 unspecified atom stereocenters. The van der Waals surface area contributed by atoms with Crippen LogP contribution < -0.4 is 0 Å². The molecule has 6 heteroatoms. The quantitative estimate of drug-likeness (QED) is 0.291. The van der Waals surface area contributed by atoms with Crippen LogP contribution in [0.2, 0.25) is 0 Å². The summed E-state index contributed by atoms with van der Waals surface area (Å²) in [6.45, 7) is 1.74. The zero-order valence-corrected chi connectivity index (χ0v) is 11.9. The summed E-state index contributed by atoms with van der Waals surface area (Å²) in [5.74, 6) is -0.731. The Hall–Kier alpha value is -2.05. The molecule has 3 N–H and O–H groups in total. The number of allylic oxidation sites excluding steroid dienone is 1. The standard InChI is InChI=1S/C16H16O6/c1-7-3-2-6-16-14(22-16)13(21-15(16)20)11-9(18)5-4-8(17)10(11)12(7)19/h3-5,12-14,17-19H,2,6H2,1H3/b7-3-/t12-,13+,14+,16+/m1/s1. The molecule has 0 saturated carbocycles. The molecule has 2 aliphatic heterocycles. The van der Waals surface area contributed by atoms with Crippen molar-refractivity contribution in [3.63, 3.8) is 0 Å². The summed E-state index contributed by atoms with van der Waals surface area (Å²) >= 11 is 0. The number of aliphatic hydroxyl groups excluding tert-OH is 1. The van der Waals surface area contributed by atoms with E-state index in [0.29, 0.717) is 18.4 Å². The summed E-state index contributed by atoms with van der Waals surface area (Å²) < 4.78 is 11.0. The van der Waals surface area contributed by atoms with Crippen LogP contribution in [0.5, 0.6) is 11.5 Å². The lowest BCUT2D eigenvalue weighted by molar-refractivity contribution is -0.154. The van der Waals surface area contributed by atoms with Crippen molar-refractivity contribution in [2.75, 3.05) is 0 Å². The molecule has 0 spiro atoms. The average Bonchev–Trinajstić information content (AvgIpc) is 3.15. The first kappa shape index (κ1) is 13.6. The predicted molar refractivity (Wildman–Crippen MR) is 74.2 cm³/mol. The van der Waals surface area contributed by atoms with E-state index >= 15 is 0 Å². The first-order valence-corrected chi connectivity index (χ1v) is 7.24. The fourth-order valence-corrected chi connectivity index (χ4v) is 3.51. The summed E-state index contributed by atoms with van der Waals surface area (Å²) in [6.07, 6.45) is 0.493. The van der Waals surface area contributed by atoms with Crippen molar-refractivity contribution >= 4 is 5.97 Å². The van der Waals surface area contributed by atoms with Crippen molar-refractivity contribution in [1.82, 2.24) is 0 Å². The largest absolute Gasteiger partial charge is 0.508 e. The number of benzene rings is 1. The summed E-state index contributed by atoms with van der Waals surface area (Å²) in [4.78, 5) is 12.1. The number of carbonyl (C=O) groups is 1. The number of hydrogen-bond donors (Lipinski definition) is 3. The van der Waals surface area contributed by atoms with Crippen molar-refractivity contribution in [1.29, 1.82) is 0 Å². The molecule has 1 aromatic carbocycles. The number of fused-ring (bicyclic) bond motifs is 2. The molecule has 1 aromatic rings. The summed E-state index contributed by atoms with van der Waals surface area (Å²) in [7, 11) is 0. The molecule has 6 nitrogen and oxygen atoms in total. The van der Waals surface area contributed by atoms with Crippen LogP contribution in [-0.2, 0) is 14.3 Å². The van der Waals surface area contributed by atoms with Gasteiger partial charge in [0.2, 0.25) is 0 Å². The van der Waals surface area contributed by atoms with Gasteiger partial charge in [0.25, 0.3) is 0 Å². The van der Waals surface area contributed by atoms with E-state index in [1.165, 1.54) is 12.1 Å². The lowest BCUT2D eigenvalue weighted by atomic mass is 9.87. The van der Waals surface area contributed by atoms with Gasteiger partial charge >= 0.3 is 5.97 Å². The van der Waals surface area contributed by atoms with Gasteiger partial charge in [-0.15, -0.1) is 0 Å². The number of esters is 1. The minimum Gasteiger partial charge on any atom is -0.508 e. The molecule has 2 fully saturated rings. The maximum absolute atomic E-state index is 12.1. The maximum atomic E-state index is 12.1. The lowest BCUT2D eigenvalue weighted by Gasteiger charge is -2.22. The van der Waals surface area contributed by atoms with E-state index in [0.717, 1.165) is 0 Å². The van der Waals surface area contributed by atoms with E-state index in [4.69, 9.17) is 9.47 Å². The van der Waals surface area contributed by atoms with Crippen LogP contribution in [0.15, 0.2) is 23.8 Å². The smallest absolute Gasteiger partial charge is 0.342 e. The highest BCUT2D eigenvalue weighted by Gasteiger charge is 2.73. The number of hydrogen-bond acceptors (Lipinski definition) is 6.